The van der Waals surface area contributed by atoms with E-state index >= 15 is 0 Å². The normalized spacial score (nSPS) is 12.8. The summed E-state index contributed by atoms with van der Waals surface area (Å²) in [6.45, 7) is 3.70. The van der Waals surface area contributed by atoms with Crippen LogP contribution in [-0.4, -0.2) is 24.1 Å². The standard InChI is InChI=1S/C19H19NO4/c1-14(17(21)20-16-11-7-4-8-12-16)13-19(23,18(22)24-2)15-9-5-3-6-10-15/h3-12,23H,1,13H2,2H3,(H,20,21)/t19-/m0/s1. The number of rotatable bonds is 6. The molecule has 0 unspecified atom stereocenters. The Bertz CT molecular complexity index is 728. The van der Waals surface area contributed by atoms with Crippen molar-refractivity contribution in [2.45, 2.75) is 12.0 Å². The molecule has 2 aromatic rings. The lowest BCUT2D eigenvalue weighted by Crippen LogP contribution is -2.38. The Labute approximate surface area is 140 Å². The van der Waals surface area contributed by atoms with Crippen molar-refractivity contribution in [2.24, 2.45) is 0 Å². The number of ether oxygens (including phenoxy) is 1. The number of hydrogen-bond acceptors (Lipinski definition) is 4. The summed E-state index contributed by atoms with van der Waals surface area (Å²) in [6.07, 6.45) is -0.275. The third-order valence-corrected chi connectivity index (χ3v) is 3.60. The van der Waals surface area contributed by atoms with Gasteiger partial charge >= 0.3 is 5.97 Å². The number of benzene rings is 2. The largest absolute Gasteiger partial charge is 0.467 e. The molecule has 2 rings (SSSR count). The fourth-order valence-corrected chi connectivity index (χ4v) is 2.30. The summed E-state index contributed by atoms with van der Waals surface area (Å²) in [4.78, 5) is 24.4. The van der Waals surface area contributed by atoms with Crippen molar-refractivity contribution in [3.05, 3.63) is 78.4 Å². The average molecular weight is 325 g/mol. The molecule has 0 aliphatic rings. The van der Waals surface area contributed by atoms with Crippen molar-refractivity contribution in [2.75, 3.05) is 12.4 Å². The second kappa shape index (κ2) is 7.57. The van der Waals surface area contributed by atoms with Gasteiger partial charge < -0.3 is 15.2 Å². The first-order chi connectivity index (χ1) is 11.5. The van der Waals surface area contributed by atoms with Gasteiger partial charge in [0.05, 0.1) is 7.11 Å². The number of esters is 1. The van der Waals surface area contributed by atoms with E-state index in [1.807, 2.05) is 6.07 Å². The summed E-state index contributed by atoms with van der Waals surface area (Å²) >= 11 is 0. The number of carbonyl (C=O) groups excluding carboxylic acids is 2. The molecule has 0 heterocycles. The Morgan fingerprint density at radius 2 is 1.62 bits per heavy atom. The molecule has 5 nitrogen and oxygen atoms in total. The molecule has 124 valence electrons. The highest BCUT2D eigenvalue weighted by molar-refractivity contribution is 6.04. The van der Waals surface area contributed by atoms with Crippen molar-refractivity contribution in [1.82, 2.24) is 0 Å². The van der Waals surface area contributed by atoms with Gasteiger partial charge in [0.25, 0.3) is 5.91 Å². The minimum Gasteiger partial charge on any atom is -0.467 e. The zero-order valence-corrected chi connectivity index (χ0v) is 13.4. The molecule has 1 amide bonds. The first kappa shape index (κ1) is 17.4. The van der Waals surface area contributed by atoms with E-state index in [1.165, 1.54) is 7.11 Å². The van der Waals surface area contributed by atoms with Crippen LogP contribution in [0.15, 0.2) is 72.8 Å². The molecule has 0 aliphatic carbocycles. The fraction of sp³-hybridized carbons (Fsp3) is 0.158. The van der Waals surface area contributed by atoms with Crippen LogP contribution in [0.2, 0.25) is 0 Å². The van der Waals surface area contributed by atoms with E-state index in [4.69, 9.17) is 4.74 Å². The van der Waals surface area contributed by atoms with E-state index in [1.54, 1.807) is 54.6 Å². The second-order valence-electron chi connectivity index (χ2n) is 5.32. The molecule has 0 bridgehead atoms. The van der Waals surface area contributed by atoms with Gasteiger partial charge in [-0.25, -0.2) is 4.79 Å². The average Bonchev–Trinajstić information content (AvgIpc) is 2.62. The van der Waals surface area contributed by atoms with E-state index in [2.05, 4.69) is 11.9 Å². The third kappa shape index (κ3) is 3.88. The Morgan fingerprint density at radius 1 is 1.08 bits per heavy atom. The van der Waals surface area contributed by atoms with Gasteiger partial charge in [-0.2, -0.15) is 0 Å². The lowest BCUT2D eigenvalue weighted by atomic mass is 9.87. The maximum absolute atomic E-state index is 12.3. The van der Waals surface area contributed by atoms with Crippen LogP contribution in [0.4, 0.5) is 5.69 Å². The summed E-state index contributed by atoms with van der Waals surface area (Å²) in [5, 5.41) is 13.5. The topological polar surface area (TPSA) is 75.6 Å². The predicted molar refractivity (Wildman–Crippen MR) is 91.2 cm³/mol. The number of para-hydroxylation sites is 1. The summed E-state index contributed by atoms with van der Waals surface area (Å²) in [7, 11) is 1.18. The van der Waals surface area contributed by atoms with Gasteiger partial charge in [-0.1, -0.05) is 55.1 Å². The van der Waals surface area contributed by atoms with Crippen molar-refractivity contribution < 1.29 is 19.4 Å². The third-order valence-electron chi connectivity index (χ3n) is 3.60. The van der Waals surface area contributed by atoms with Crippen LogP contribution in [0.5, 0.6) is 0 Å². The maximum atomic E-state index is 12.3. The lowest BCUT2D eigenvalue weighted by Gasteiger charge is -2.26. The first-order valence-corrected chi connectivity index (χ1v) is 7.38. The minimum atomic E-state index is -1.97. The van der Waals surface area contributed by atoms with Gasteiger partial charge in [-0.3, -0.25) is 4.79 Å². The molecule has 0 aliphatic heterocycles. The molecule has 0 fully saturated rings. The van der Waals surface area contributed by atoms with Gasteiger partial charge in [-0.15, -0.1) is 0 Å². The quantitative estimate of drug-likeness (QED) is 0.632. The van der Waals surface area contributed by atoms with Gasteiger partial charge in [0.15, 0.2) is 5.60 Å². The Morgan fingerprint density at radius 3 is 2.17 bits per heavy atom. The van der Waals surface area contributed by atoms with Crippen molar-refractivity contribution in [3.8, 4) is 0 Å². The van der Waals surface area contributed by atoms with Crippen LogP contribution in [0, 0.1) is 0 Å². The highest BCUT2D eigenvalue weighted by Gasteiger charge is 2.40. The molecule has 2 N–H and O–H groups in total. The SMILES string of the molecule is C=C(C[C@@](O)(C(=O)OC)c1ccccc1)C(=O)Nc1ccccc1. The monoisotopic (exact) mass is 325 g/mol. The van der Waals surface area contributed by atoms with Gasteiger partial charge in [-0.05, 0) is 17.7 Å². The van der Waals surface area contributed by atoms with Crippen LogP contribution in [-0.2, 0) is 19.9 Å². The maximum Gasteiger partial charge on any atom is 0.342 e. The number of aliphatic hydroxyl groups is 1. The Balaban J connectivity index is 2.19. The van der Waals surface area contributed by atoms with E-state index in [9.17, 15) is 14.7 Å². The van der Waals surface area contributed by atoms with Crippen LogP contribution in [0.25, 0.3) is 0 Å². The molecular weight excluding hydrogens is 306 g/mol. The smallest absolute Gasteiger partial charge is 0.342 e. The highest BCUT2D eigenvalue weighted by atomic mass is 16.5. The Kier molecular flexibility index (Phi) is 5.50. The zero-order chi connectivity index (χ0) is 17.6. The molecule has 0 radical (unpaired) electrons. The molecular formula is C19H19NO4. The van der Waals surface area contributed by atoms with E-state index in [0.29, 0.717) is 11.3 Å². The number of hydrogen-bond donors (Lipinski definition) is 2. The predicted octanol–water partition coefficient (Wildman–Crippen LogP) is 2.63. The molecule has 0 saturated heterocycles. The Hall–Kier alpha value is -2.92. The summed E-state index contributed by atoms with van der Waals surface area (Å²) in [6, 6.07) is 17.2. The molecule has 1 atom stereocenters. The van der Waals surface area contributed by atoms with Crippen LogP contribution in [0.3, 0.4) is 0 Å². The molecule has 0 aromatic heterocycles. The number of anilines is 1. The van der Waals surface area contributed by atoms with Crippen molar-refractivity contribution in [3.63, 3.8) is 0 Å². The number of nitrogens with one attached hydrogen (secondary N) is 1. The number of carbonyl (C=O) groups is 2. The highest BCUT2D eigenvalue weighted by Crippen LogP contribution is 2.30. The van der Waals surface area contributed by atoms with Crippen molar-refractivity contribution in [1.29, 1.82) is 0 Å². The fourth-order valence-electron chi connectivity index (χ4n) is 2.30. The van der Waals surface area contributed by atoms with Gasteiger partial charge in [0.2, 0.25) is 0 Å². The minimum absolute atomic E-state index is 0.0654. The molecule has 0 spiro atoms. The molecule has 5 heteroatoms. The van der Waals surface area contributed by atoms with Crippen molar-refractivity contribution >= 4 is 17.6 Å². The molecule has 0 saturated carbocycles. The summed E-state index contributed by atoms with van der Waals surface area (Å²) in [5.41, 5.74) is -0.965. The molecule has 24 heavy (non-hydrogen) atoms. The number of amides is 1. The van der Waals surface area contributed by atoms with E-state index in [-0.39, 0.29) is 12.0 Å². The van der Waals surface area contributed by atoms with Crippen LogP contribution in [0.1, 0.15) is 12.0 Å². The van der Waals surface area contributed by atoms with Crippen LogP contribution < -0.4 is 5.32 Å². The first-order valence-electron chi connectivity index (χ1n) is 7.38. The summed E-state index contributed by atoms with van der Waals surface area (Å²) < 4.78 is 4.71. The lowest BCUT2D eigenvalue weighted by molar-refractivity contribution is -0.163. The zero-order valence-electron chi connectivity index (χ0n) is 13.4. The van der Waals surface area contributed by atoms with Gasteiger partial charge in [0, 0.05) is 17.7 Å². The number of methoxy groups -OCH3 is 1. The van der Waals surface area contributed by atoms with E-state index < -0.39 is 17.5 Å². The van der Waals surface area contributed by atoms with E-state index in [0.717, 1.165) is 0 Å². The van der Waals surface area contributed by atoms with Crippen LogP contribution >= 0.6 is 0 Å². The summed E-state index contributed by atoms with van der Waals surface area (Å²) in [5.74, 6) is -1.32. The molecule has 2 aromatic carbocycles. The van der Waals surface area contributed by atoms with Gasteiger partial charge in [0.1, 0.15) is 0 Å². The second-order valence-corrected chi connectivity index (χ2v) is 5.32.